The minimum absolute atomic E-state index is 0.118. The van der Waals surface area contributed by atoms with E-state index in [2.05, 4.69) is 10.1 Å². The van der Waals surface area contributed by atoms with Crippen LogP contribution in [0.25, 0.3) is 17.5 Å². The quantitative estimate of drug-likeness (QED) is 0.661. The monoisotopic (exact) mass is 397 g/mol. The van der Waals surface area contributed by atoms with E-state index in [1.54, 1.807) is 60.6 Å². The van der Waals surface area contributed by atoms with Crippen LogP contribution in [0, 0.1) is 5.82 Å². The first-order valence-corrected chi connectivity index (χ1v) is 9.53. The number of thioether (sulfide) groups is 1. The largest absolute Gasteiger partial charge is 0.497 e. The van der Waals surface area contributed by atoms with Crippen LogP contribution < -0.4 is 4.74 Å². The fourth-order valence-corrected chi connectivity index (χ4v) is 3.79. The number of aromatic nitrogens is 2. The lowest BCUT2D eigenvalue weighted by molar-refractivity contribution is 0.0831. The van der Waals surface area contributed by atoms with Gasteiger partial charge in [-0.1, -0.05) is 17.3 Å². The SMILES string of the molecule is COc1ccc(C(=O)N2CCS/C2=C/c2nc(-c3ccccc3F)no2)cc1. The molecular formula is C20H16FN3O3S. The molecule has 3 aromatic rings. The second-order valence-electron chi connectivity index (χ2n) is 5.95. The molecule has 0 radical (unpaired) electrons. The van der Waals surface area contributed by atoms with Crippen molar-refractivity contribution in [1.82, 2.24) is 15.0 Å². The lowest BCUT2D eigenvalue weighted by Crippen LogP contribution is -2.26. The predicted octanol–water partition coefficient (Wildman–Crippen LogP) is 4.07. The van der Waals surface area contributed by atoms with Gasteiger partial charge in [-0.2, -0.15) is 4.98 Å². The molecule has 1 fully saturated rings. The normalized spacial score (nSPS) is 15.2. The number of carbonyl (C=O) groups is 1. The van der Waals surface area contributed by atoms with Crippen molar-refractivity contribution >= 4 is 23.7 Å². The molecule has 1 amide bonds. The summed E-state index contributed by atoms with van der Waals surface area (Å²) in [5.41, 5.74) is 0.827. The van der Waals surface area contributed by atoms with E-state index in [0.29, 0.717) is 22.9 Å². The molecule has 2 aromatic carbocycles. The average Bonchev–Trinajstić information content (AvgIpc) is 3.38. The molecule has 0 atom stereocenters. The van der Waals surface area contributed by atoms with Crippen LogP contribution in [0.2, 0.25) is 0 Å². The number of halogens is 1. The van der Waals surface area contributed by atoms with Crippen LogP contribution in [0.15, 0.2) is 58.1 Å². The van der Waals surface area contributed by atoms with Gasteiger partial charge in [-0.15, -0.1) is 11.8 Å². The summed E-state index contributed by atoms with van der Waals surface area (Å²) in [6.07, 6.45) is 1.65. The Labute approximate surface area is 165 Å². The number of carbonyl (C=O) groups excluding carboxylic acids is 1. The molecule has 0 N–H and O–H groups in total. The molecule has 1 saturated heterocycles. The van der Waals surface area contributed by atoms with Crippen molar-refractivity contribution in [2.45, 2.75) is 0 Å². The zero-order valence-electron chi connectivity index (χ0n) is 15.0. The third-order valence-corrected chi connectivity index (χ3v) is 5.24. The molecule has 0 saturated carbocycles. The highest BCUT2D eigenvalue weighted by Crippen LogP contribution is 2.31. The van der Waals surface area contributed by atoms with Crippen LogP contribution in [0.5, 0.6) is 5.75 Å². The maximum atomic E-state index is 13.9. The number of hydrogen-bond donors (Lipinski definition) is 0. The van der Waals surface area contributed by atoms with Gasteiger partial charge in [0.25, 0.3) is 11.8 Å². The van der Waals surface area contributed by atoms with Gasteiger partial charge in [0.05, 0.1) is 17.7 Å². The first-order chi connectivity index (χ1) is 13.7. The Morgan fingerprint density at radius 1 is 1.25 bits per heavy atom. The van der Waals surface area contributed by atoms with Gasteiger partial charge in [0.15, 0.2) is 0 Å². The van der Waals surface area contributed by atoms with Gasteiger partial charge in [0.2, 0.25) is 5.82 Å². The summed E-state index contributed by atoms with van der Waals surface area (Å²) < 4.78 is 24.3. The van der Waals surface area contributed by atoms with E-state index in [0.717, 1.165) is 5.75 Å². The van der Waals surface area contributed by atoms with Gasteiger partial charge < -0.3 is 14.2 Å². The van der Waals surface area contributed by atoms with Crippen molar-refractivity contribution < 1.29 is 18.4 Å². The van der Waals surface area contributed by atoms with Crippen LogP contribution in [-0.4, -0.2) is 40.4 Å². The minimum atomic E-state index is -0.422. The van der Waals surface area contributed by atoms with Gasteiger partial charge in [0.1, 0.15) is 11.6 Å². The molecule has 1 aliphatic rings. The lowest BCUT2D eigenvalue weighted by Gasteiger charge is -2.16. The van der Waals surface area contributed by atoms with Crippen LogP contribution in [0.1, 0.15) is 16.2 Å². The number of benzene rings is 2. The fraction of sp³-hybridized carbons (Fsp3) is 0.150. The van der Waals surface area contributed by atoms with E-state index in [1.807, 2.05) is 0 Å². The van der Waals surface area contributed by atoms with E-state index in [1.165, 1.54) is 17.8 Å². The number of rotatable bonds is 4. The summed E-state index contributed by atoms with van der Waals surface area (Å²) in [7, 11) is 1.58. The highest BCUT2D eigenvalue weighted by Gasteiger charge is 2.26. The van der Waals surface area contributed by atoms with Gasteiger partial charge in [0, 0.05) is 23.9 Å². The standard InChI is InChI=1S/C20H16FN3O3S/c1-26-14-8-6-13(7-9-14)20(25)24-10-11-28-18(24)12-17-22-19(23-27-17)15-4-2-3-5-16(15)21/h2-9,12H,10-11H2,1H3/b18-12+. The van der Waals surface area contributed by atoms with Crippen molar-refractivity contribution in [3.8, 4) is 17.1 Å². The second-order valence-corrected chi connectivity index (χ2v) is 7.07. The van der Waals surface area contributed by atoms with Crippen molar-refractivity contribution in [2.75, 3.05) is 19.4 Å². The molecule has 0 aliphatic carbocycles. The molecule has 8 heteroatoms. The van der Waals surface area contributed by atoms with Crippen LogP contribution in [0.4, 0.5) is 4.39 Å². The Kier molecular flexibility index (Phi) is 5.12. The van der Waals surface area contributed by atoms with Gasteiger partial charge in [-0.3, -0.25) is 4.79 Å². The Hall–Kier alpha value is -3.13. The van der Waals surface area contributed by atoms with Crippen molar-refractivity contribution in [1.29, 1.82) is 0 Å². The molecule has 0 bridgehead atoms. The Morgan fingerprint density at radius 3 is 2.79 bits per heavy atom. The zero-order valence-corrected chi connectivity index (χ0v) is 15.8. The molecule has 0 spiro atoms. The van der Waals surface area contributed by atoms with Crippen molar-refractivity contribution in [3.05, 3.63) is 70.8 Å². The maximum absolute atomic E-state index is 13.9. The molecular weight excluding hydrogens is 381 g/mol. The Balaban J connectivity index is 1.57. The molecule has 1 aromatic heterocycles. The van der Waals surface area contributed by atoms with Crippen LogP contribution in [0.3, 0.4) is 0 Å². The Morgan fingerprint density at radius 2 is 2.04 bits per heavy atom. The average molecular weight is 397 g/mol. The first kappa shape index (κ1) is 18.2. The second kappa shape index (κ2) is 7.85. The number of nitrogens with zero attached hydrogens (tertiary/aromatic N) is 3. The summed E-state index contributed by atoms with van der Waals surface area (Å²) in [6, 6.07) is 13.2. The highest BCUT2D eigenvalue weighted by atomic mass is 32.2. The summed E-state index contributed by atoms with van der Waals surface area (Å²) >= 11 is 1.52. The Bertz CT molecular complexity index is 1030. The number of hydrogen-bond acceptors (Lipinski definition) is 6. The number of ether oxygens (including phenoxy) is 1. The number of methoxy groups -OCH3 is 1. The smallest absolute Gasteiger partial charge is 0.258 e. The first-order valence-electron chi connectivity index (χ1n) is 8.55. The molecule has 28 heavy (non-hydrogen) atoms. The molecule has 2 heterocycles. The maximum Gasteiger partial charge on any atom is 0.258 e. The third-order valence-electron chi connectivity index (χ3n) is 4.22. The zero-order chi connectivity index (χ0) is 19.5. The van der Waals surface area contributed by atoms with Crippen molar-refractivity contribution in [3.63, 3.8) is 0 Å². The van der Waals surface area contributed by atoms with Crippen LogP contribution >= 0.6 is 11.8 Å². The summed E-state index contributed by atoms with van der Waals surface area (Å²) in [6.45, 7) is 0.579. The minimum Gasteiger partial charge on any atom is -0.497 e. The lowest BCUT2D eigenvalue weighted by atomic mass is 10.2. The van der Waals surface area contributed by atoms with E-state index in [4.69, 9.17) is 9.26 Å². The molecule has 1 aliphatic heterocycles. The topological polar surface area (TPSA) is 68.5 Å². The molecule has 142 valence electrons. The fourth-order valence-electron chi connectivity index (χ4n) is 2.79. The van der Waals surface area contributed by atoms with Crippen molar-refractivity contribution in [2.24, 2.45) is 0 Å². The highest BCUT2D eigenvalue weighted by molar-refractivity contribution is 8.03. The summed E-state index contributed by atoms with van der Waals surface area (Å²) in [5.74, 6) is 1.30. The molecule has 0 unspecified atom stereocenters. The van der Waals surface area contributed by atoms with Gasteiger partial charge in [-0.05, 0) is 36.4 Å². The third kappa shape index (κ3) is 3.63. The van der Waals surface area contributed by atoms with E-state index < -0.39 is 5.82 Å². The predicted molar refractivity (Wildman–Crippen MR) is 104 cm³/mol. The van der Waals surface area contributed by atoms with Gasteiger partial charge >= 0.3 is 0 Å². The van der Waals surface area contributed by atoms with Gasteiger partial charge in [-0.25, -0.2) is 4.39 Å². The van der Waals surface area contributed by atoms with E-state index >= 15 is 0 Å². The summed E-state index contributed by atoms with van der Waals surface area (Å²) in [4.78, 5) is 18.7. The van der Waals surface area contributed by atoms with E-state index in [-0.39, 0.29) is 23.2 Å². The molecule has 4 rings (SSSR count). The number of amides is 1. The molecule has 6 nitrogen and oxygen atoms in total. The van der Waals surface area contributed by atoms with E-state index in [9.17, 15) is 9.18 Å². The van der Waals surface area contributed by atoms with Crippen LogP contribution in [-0.2, 0) is 0 Å². The summed E-state index contributed by atoms with van der Waals surface area (Å²) in [5, 5.41) is 4.55.